The van der Waals surface area contributed by atoms with Gasteiger partial charge in [-0.1, -0.05) is 6.07 Å². The van der Waals surface area contributed by atoms with E-state index in [4.69, 9.17) is 0 Å². The quantitative estimate of drug-likeness (QED) is 0.936. The van der Waals surface area contributed by atoms with E-state index in [-0.39, 0.29) is 5.56 Å². The van der Waals surface area contributed by atoms with Crippen molar-refractivity contribution < 1.29 is 13.2 Å². The van der Waals surface area contributed by atoms with Gasteiger partial charge in [0, 0.05) is 36.7 Å². The van der Waals surface area contributed by atoms with Crippen LogP contribution < -0.4 is 5.32 Å². The first-order valence-electron chi connectivity index (χ1n) is 6.10. The molecule has 6 heteroatoms. The number of nitrogens with zero attached hydrogens (tertiary/aromatic N) is 2. The molecular weight excluding hydrogens is 267 g/mol. The van der Waals surface area contributed by atoms with Crippen LogP contribution in [0.5, 0.6) is 0 Å². The lowest BCUT2D eigenvalue weighted by Gasteiger charge is -2.20. The number of rotatable bonds is 4. The van der Waals surface area contributed by atoms with E-state index >= 15 is 0 Å². The maximum absolute atomic E-state index is 13.0. The Morgan fingerprint density at radius 1 is 1.20 bits per heavy atom. The van der Waals surface area contributed by atoms with Gasteiger partial charge in [-0.15, -0.1) is 0 Å². The largest absolute Gasteiger partial charge is 0.416 e. The summed E-state index contributed by atoms with van der Waals surface area (Å²) in [4.78, 5) is 7.95. The summed E-state index contributed by atoms with van der Waals surface area (Å²) >= 11 is 0. The highest BCUT2D eigenvalue weighted by atomic mass is 19.4. The number of alkyl halides is 3. The van der Waals surface area contributed by atoms with Gasteiger partial charge in [0.05, 0.1) is 5.56 Å². The highest BCUT2D eigenvalue weighted by Crippen LogP contribution is 2.34. The van der Waals surface area contributed by atoms with Crippen LogP contribution in [0.2, 0.25) is 0 Å². The SMILES string of the molecule is CNC(Cc1ccccn1)c1cnccc1C(F)(F)F. The van der Waals surface area contributed by atoms with Crippen molar-refractivity contribution in [3.8, 4) is 0 Å². The number of halogens is 3. The Bertz CT molecular complexity index is 555. The molecule has 0 saturated heterocycles. The predicted octanol–water partition coefficient (Wildman–Crippen LogP) is 3.00. The molecule has 3 nitrogen and oxygen atoms in total. The second kappa shape index (κ2) is 6.00. The Morgan fingerprint density at radius 2 is 2.00 bits per heavy atom. The van der Waals surface area contributed by atoms with Gasteiger partial charge in [-0.05, 0) is 30.8 Å². The second-order valence-electron chi connectivity index (χ2n) is 4.33. The van der Waals surface area contributed by atoms with E-state index in [0.717, 1.165) is 18.0 Å². The minimum atomic E-state index is -4.39. The molecular formula is C14H14F3N3. The van der Waals surface area contributed by atoms with Crippen molar-refractivity contribution in [2.75, 3.05) is 7.05 Å². The zero-order chi connectivity index (χ0) is 14.6. The van der Waals surface area contributed by atoms with Gasteiger partial charge in [0.15, 0.2) is 0 Å². The number of hydrogen-bond acceptors (Lipinski definition) is 3. The van der Waals surface area contributed by atoms with E-state index in [9.17, 15) is 13.2 Å². The minimum absolute atomic E-state index is 0.133. The average molecular weight is 281 g/mol. The number of pyridine rings is 2. The van der Waals surface area contributed by atoms with Crippen LogP contribution in [0.1, 0.15) is 22.9 Å². The van der Waals surface area contributed by atoms with E-state index in [0.29, 0.717) is 6.42 Å². The molecule has 1 atom stereocenters. The highest BCUT2D eigenvalue weighted by molar-refractivity contribution is 5.30. The van der Waals surface area contributed by atoms with Gasteiger partial charge >= 0.3 is 6.18 Å². The van der Waals surface area contributed by atoms with Crippen molar-refractivity contribution in [1.82, 2.24) is 15.3 Å². The molecule has 0 aliphatic heterocycles. The molecule has 0 bridgehead atoms. The molecule has 0 aliphatic carbocycles. The molecule has 1 N–H and O–H groups in total. The van der Waals surface area contributed by atoms with Crippen molar-refractivity contribution in [3.05, 3.63) is 59.7 Å². The van der Waals surface area contributed by atoms with Crippen LogP contribution in [0, 0.1) is 0 Å². The maximum Gasteiger partial charge on any atom is 0.416 e. The average Bonchev–Trinajstić information content (AvgIpc) is 2.45. The lowest BCUT2D eigenvalue weighted by atomic mass is 9.98. The number of hydrogen-bond donors (Lipinski definition) is 1. The van der Waals surface area contributed by atoms with E-state index in [2.05, 4.69) is 15.3 Å². The lowest BCUT2D eigenvalue weighted by Crippen LogP contribution is -2.23. The molecule has 0 spiro atoms. The van der Waals surface area contributed by atoms with Crippen molar-refractivity contribution in [2.45, 2.75) is 18.6 Å². The summed E-state index contributed by atoms with van der Waals surface area (Å²) in [5.41, 5.74) is 0.194. The third-order valence-electron chi connectivity index (χ3n) is 3.02. The lowest BCUT2D eigenvalue weighted by molar-refractivity contribution is -0.138. The summed E-state index contributed by atoms with van der Waals surface area (Å²) in [5.74, 6) is 0. The molecule has 0 radical (unpaired) electrons. The van der Waals surface area contributed by atoms with Crippen LogP contribution in [-0.4, -0.2) is 17.0 Å². The molecule has 20 heavy (non-hydrogen) atoms. The molecule has 1 unspecified atom stereocenters. The fourth-order valence-electron chi connectivity index (χ4n) is 2.04. The molecule has 2 aromatic heterocycles. The summed E-state index contributed by atoms with van der Waals surface area (Å²) in [6.45, 7) is 0. The molecule has 106 valence electrons. The summed E-state index contributed by atoms with van der Waals surface area (Å²) in [5, 5.41) is 2.90. The van der Waals surface area contributed by atoms with Gasteiger partial charge in [0.2, 0.25) is 0 Å². The third kappa shape index (κ3) is 3.33. The van der Waals surface area contributed by atoms with Crippen molar-refractivity contribution in [3.63, 3.8) is 0 Å². The van der Waals surface area contributed by atoms with Crippen molar-refractivity contribution >= 4 is 0 Å². The maximum atomic E-state index is 13.0. The van der Waals surface area contributed by atoms with Crippen LogP contribution in [0.3, 0.4) is 0 Å². The Kier molecular flexibility index (Phi) is 4.34. The van der Waals surface area contributed by atoms with Gasteiger partial charge < -0.3 is 5.32 Å². The number of nitrogens with one attached hydrogen (secondary N) is 1. The standard InChI is InChI=1S/C14H14F3N3/c1-18-13(8-10-4-2-3-6-20-10)11-9-19-7-5-12(11)14(15,16)17/h2-7,9,13,18H,8H2,1H3. The van der Waals surface area contributed by atoms with E-state index in [1.54, 1.807) is 25.4 Å². The summed E-state index contributed by atoms with van der Waals surface area (Å²) < 4.78 is 39.0. The minimum Gasteiger partial charge on any atom is -0.313 e. The highest BCUT2D eigenvalue weighted by Gasteiger charge is 2.35. The van der Waals surface area contributed by atoms with Crippen LogP contribution >= 0.6 is 0 Å². The van der Waals surface area contributed by atoms with Crippen molar-refractivity contribution in [2.24, 2.45) is 0 Å². The molecule has 0 aliphatic rings. The Hall–Kier alpha value is -1.95. The monoisotopic (exact) mass is 281 g/mol. The van der Waals surface area contributed by atoms with E-state index < -0.39 is 17.8 Å². The molecule has 2 aromatic rings. The fraction of sp³-hybridized carbons (Fsp3) is 0.286. The van der Waals surface area contributed by atoms with Crippen LogP contribution in [0.25, 0.3) is 0 Å². The van der Waals surface area contributed by atoms with Gasteiger partial charge in [0.1, 0.15) is 0 Å². The molecule has 0 aromatic carbocycles. The normalized spacial score (nSPS) is 13.2. The molecule has 0 amide bonds. The molecule has 0 saturated carbocycles. The van der Waals surface area contributed by atoms with Gasteiger partial charge in [-0.2, -0.15) is 13.2 Å². The number of aromatic nitrogens is 2. The Morgan fingerprint density at radius 3 is 2.60 bits per heavy atom. The first-order chi connectivity index (χ1) is 9.52. The summed E-state index contributed by atoms with van der Waals surface area (Å²) in [6, 6.07) is 5.87. The van der Waals surface area contributed by atoms with Gasteiger partial charge in [-0.25, -0.2) is 0 Å². The topological polar surface area (TPSA) is 37.8 Å². The van der Waals surface area contributed by atoms with Crippen LogP contribution in [0.15, 0.2) is 42.9 Å². The molecule has 2 heterocycles. The van der Waals surface area contributed by atoms with Crippen molar-refractivity contribution in [1.29, 1.82) is 0 Å². The number of likely N-dealkylation sites (N-methyl/N-ethyl adjacent to an activating group) is 1. The van der Waals surface area contributed by atoms with Crippen LogP contribution in [-0.2, 0) is 12.6 Å². The third-order valence-corrected chi connectivity index (χ3v) is 3.02. The van der Waals surface area contributed by atoms with Gasteiger partial charge in [-0.3, -0.25) is 9.97 Å². The zero-order valence-electron chi connectivity index (χ0n) is 10.9. The Balaban J connectivity index is 2.33. The first-order valence-corrected chi connectivity index (χ1v) is 6.10. The van der Waals surface area contributed by atoms with Gasteiger partial charge in [0.25, 0.3) is 0 Å². The molecule has 2 rings (SSSR count). The second-order valence-corrected chi connectivity index (χ2v) is 4.33. The van der Waals surface area contributed by atoms with E-state index in [1.807, 2.05) is 6.07 Å². The summed E-state index contributed by atoms with van der Waals surface area (Å²) in [7, 11) is 1.63. The molecule has 0 fully saturated rings. The fourth-order valence-corrected chi connectivity index (χ4v) is 2.04. The Labute approximate surface area is 114 Å². The zero-order valence-corrected chi connectivity index (χ0v) is 10.9. The van der Waals surface area contributed by atoms with E-state index in [1.165, 1.54) is 6.20 Å². The first kappa shape index (κ1) is 14.5. The summed E-state index contributed by atoms with van der Waals surface area (Å²) in [6.07, 6.45) is 0.00626. The smallest absolute Gasteiger partial charge is 0.313 e. The van der Waals surface area contributed by atoms with Crippen LogP contribution in [0.4, 0.5) is 13.2 Å². The predicted molar refractivity (Wildman–Crippen MR) is 69.0 cm³/mol.